The summed E-state index contributed by atoms with van der Waals surface area (Å²) in [7, 11) is 0. The molecule has 0 saturated heterocycles. The number of halogens is 1. The summed E-state index contributed by atoms with van der Waals surface area (Å²) in [5.74, 6) is -1.42. The largest absolute Gasteiger partial charge is 0.458 e. The van der Waals surface area contributed by atoms with Gasteiger partial charge in [0.1, 0.15) is 16.9 Å². The van der Waals surface area contributed by atoms with Crippen LogP contribution in [0.4, 0.5) is 5.69 Å². The molecule has 1 unspecified atom stereocenters. The normalized spacial score (nSPS) is 13.2. The summed E-state index contributed by atoms with van der Waals surface area (Å²) in [5.41, 5.74) is 0.385. The Balaban J connectivity index is 1.65. The fraction of sp³-hybridized carbons (Fsp3) is 0.200. The van der Waals surface area contributed by atoms with Crippen molar-refractivity contribution in [1.29, 1.82) is 0 Å². The van der Waals surface area contributed by atoms with Crippen LogP contribution in [-0.2, 0) is 15.2 Å². The number of fused-ring (bicyclic) bond motifs is 1. The molecular weight excluding hydrogens is 368 g/mol. The van der Waals surface area contributed by atoms with Crippen LogP contribution in [0.1, 0.15) is 18.2 Å². The van der Waals surface area contributed by atoms with E-state index in [0.29, 0.717) is 22.1 Å². The van der Waals surface area contributed by atoms with Crippen molar-refractivity contribution < 1.29 is 19.1 Å². The van der Waals surface area contributed by atoms with Crippen molar-refractivity contribution in [2.24, 2.45) is 0 Å². The number of aliphatic hydroxyl groups is 1. The van der Waals surface area contributed by atoms with E-state index in [0.717, 1.165) is 10.9 Å². The third-order valence-electron chi connectivity index (χ3n) is 4.20. The van der Waals surface area contributed by atoms with Crippen molar-refractivity contribution in [3.05, 3.63) is 64.9 Å². The lowest BCUT2D eigenvalue weighted by molar-refractivity contribution is -0.136. The number of carbonyl (C=O) groups is 2. The van der Waals surface area contributed by atoms with Gasteiger partial charge in [-0.1, -0.05) is 35.9 Å². The molecule has 1 heterocycles. The highest BCUT2D eigenvalue weighted by atomic mass is 35.5. The maximum absolute atomic E-state index is 12.1. The molecular formula is C20H19ClN2O4. The third-order valence-corrected chi connectivity index (χ3v) is 4.44. The van der Waals surface area contributed by atoms with E-state index in [4.69, 9.17) is 16.0 Å². The predicted octanol–water partition coefficient (Wildman–Crippen LogP) is 3.36. The molecule has 3 rings (SSSR count). The molecule has 27 heavy (non-hydrogen) atoms. The van der Waals surface area contributed by atoms with Gasteiger partial charge in [0.2, 0.25) is 0 Å². The standard InChI is InChI=1S/C20H19ClN2O4/c1-12-7-8-14(21)10-15(12)23-19(25)18(24)22-11-20(2,26)17-9-13-5-3-4-6-16(13)27-17/h3-10,26H,11H2,1-2H3,(H,22,24)(H,23,25). The molecule has 140 valence electrons. The molecule has 6 nitrogen and oxygen atoms in total. The first-order valence-electron chi connectivity index (χ1n) is 8.33. The first-order valence-corrected chi connectivity index (χ1v) is 8.71. The van der Waals surface area contributed by atoms with Crippen LogP contribution in [0.25, 0.3) is 11.0 Å². The van der Waals surface area contributed by atoms with Crippen molar-refractivity contribution >= 4 is 40.1 Å². The molecule has 2 amide bonds. The molecule has 0 aliphatic rings. The van der Waals surface area contributed by atoms with Crippen molar-refractivity contribution in [2.45, 2.75) is 19.4 Å². The zero-order chi connectivity index (χ0) is 19.6. The van der Waals surface area contributed by atoms with Crippen molar-refractivity contribution in [3.8, 4) is 0 Å². The number of hydrogen-bond donors (Lipinski definition) is 3. The summed E-state index contributed by atoms with van der Waals surface area (Å²) in [6.45, 7) is 3.10. The Morgan fingerprint density at radius 2 is 1.89 bits per heavy atom. The van der Waals surface area contributed by atoms with Gasteiger partial charge >= 0.3 is 11.8 Å². The fourth-order valence-corrected chi connectivity index (χ4v) is 2.75. The van der Waals surface area contributed by atoms with Crippen LogP contribution >= 0.6 is 11.6 Å². The molecule has 1 atom stereocenters. The second kappa shape index (κ2) is 7.42. The van der Waals surface area contributed by atoms with E-state index in [2.05, 4.69) is 10.6 Å². The molecule has 1 aromatic heterocycles. The number of para-hydroxylation sites is 1. The van der Waals surface area contributed by atoms with Crippen LogP contribution < -0.4 is 10.6 Å². The molecule has 0 aliphatic carbocycles. The van der Waals surface area contributed by atoms with Gasteiger partial charge in [-0.05, 0) is 43.7 Å². The second-order valence-electron chi connectivity index (χ2n) is 6.52. The molecule has 2 aromatic carbocycles. The number of amides is 2. The van der Waals surface area contributed by atoms with E-state index >= 15 is 0 Å². The fourth-order valence-electron chi connectivity index (χ4n) is 2.58. The van der Waals surface area contributed by atoms with Gasteiger partial charge in [-0.25, -0.2) is 0 Å². The predicted molar refractivity (Wildman–Crippen MR) is 104 cm³/mol. The average molecular weight is 387 g/mol. The lowest BCUT2D eigenvalue weighted by Crippen LogP contribution is -2.43. The Bertz CT molecular complexity index is 977. The minimum atomic E-state index is -1.47. The van der Waals surface area contributed by atoms with Crippen LogP contribution in [0.15, 0.2) is 52.9 Å². The molecule has 0 saturated carbocycles. The van der Waals surface area contributed by atoms with Gasteiger partial charge in [0.15, 0.2) is 0 Å². The Labute approximate surface area is 161 Å². The molecule has 3 N–H and O–H groups in total. The van der Waals surface area contributed by atoms with Crippen molar-refractivity contribution in [1.82, 2.24) is 5.32 Å². The van der Waals surface area contributed by atoms with Crippen LogP contribution in [0.3, 0.4) is 0 Å². The maximum Gasteiger partial charge on any atom is 0.313 e. The molecule has 7 heteroatoms. The summed E-state index contributed by atoms with van der Waals surface area (Å²) in [6, 6.07) is 14.0. The minimum Gasteiger partial charge on any atom is -0.458 e. The van der Waals surface area contributed by atoms with Gasteiger partial charge in [0.05, 0.1) is 6.54 Å². The third kappa shape index (κ3) is 4.30. The van der Waals surface area contributed by atoms with Crippen molar-refractivity contribution in [2.75, 3.05) is 11.9 Å². The Morgan fingerprint density at radius 3 is 2.63 bits per heavy atom. The average Bonchev–Trinajstić information content (AvgIpc) is 3.08. The van der Waals surface area contributed by atoms with Gasteiger partial charge in [-0.2, -0.15) is 0 Å². The Kier molecular flexibility index (Phi) is 5.21. The maximum atomic E-state index is 12.1. The zero-order valence-corrected chi connectivity index (χ0v) is 15.6. The quantitative estimate of drug-likeness (QED) is 0.599. The molecule has 0 spiro atoms. The SMILES string of the molecule is Cc1ccc(Cl)cc1NC(=O)C(=O)NCC(C)(O)c1cc2ccccc2o1. The first-order chi connectivity index (χ1) is 12.8. The highest BCUT2D eigenvalue weighted by Gasteiger charge is 2.29. The number of rotatable bonds is 4. The second-order valence-corrected chi connectivity index (χ2v) is 6.95. The highest BCUT2D eigenvalue weighted by molar-refractivity contribution is 6.40. The van der Waals surface area contributed by atoms with Gasteiger partial charge in [0, 0.05) is 16.1 Å². The monoisotopic (exact) mass is 386 g/mol. The molecule has 0 radical (unpaired) electrons. The van der Waals surface area contributed by atoms with Crippen LogP contribution in [-0.4, -0.2) is 23.5 Å². The van der Waals surface area contributed by atoms with Gasteiger partial charge in [0.25, 0.3) is 0 Å². The van der Waals surface area contributed by atoms with E-state index in [1.54, 1.807) is 37.3 Å². The Hall–Kier alpha value is -2.83. The topological polar surface area (TPSA) is 91.6 Å². The van der Waals surface area contributed by atoms with E-state index in [1.165, 1.54) is 6.92 Å². The summed E-state index contributed by atoms with van der Waals surface area (Å²) < 4.78 is 5.63. The van der Waals surface area contributed by atoms with Gasteiger partial charge in [-0.15, -0.1) is 0 Å². The summed E-state index contributed by atoms with van der Waals surface area (Å²) in [6.07, 6.45) is 0. The number of carbonyl (C=O) groups excluding carboxylic acids is 2. The van der Waals surface area contributed by atoms with Crippen molar-refractivity contribution in [3.63, 3.8) is 0 Å². The summed E-state index contributed by atoms with van der Waals surface area (Å²) in [4.78, 5) is 24.2. The number of aryl methyl sites for hydroxylation is 1. The molecule has 0 fully saturated rings. The summed E-state index contributed by atoms with van der Waals surface area (Å²) in [5, 5.41) is 16.9. The smallest absolute Gasteiger partial charge is 0.313 e. The van der Waals surface area contributed by atoms with E-state index < -0.39 is 17.4 Å². The Morgan fingerprint density at radius 1 is 1.15 bits per heavy atom. The number of furan rings is 1. The van der Waals surface area contributed by atoms with E-state index in [-0.39, 0.29) is 6.54 Å². The van der Waals surface area contributed by atoms with Crippen LogP contribution in [0.2, 0.25) is 5.02 Å². The lowest BCUT2D eigenvalue weighted by Gasteiger charge is -2.21. The molecule has 0 aliphatic heterocycles. The first kappa shape index (κ1) is 18.9. The van der Waals surface area contributed by atoms with E-state index in [9.17, 15) is 14.7 Å². The minimum absolute atomic E-state index is 0.187. The highest BCUT2D eigenvalue weighted by Crippen LogP contribution is 2.27. The zero-order valence-electron chi connectivity index (χ0n) is 14.9. The summed E-state index contributed by atoms with van der Waals surface area (Å²) >= 11 is 5.91. The molecule has 0 bridgehead atoms. The lowest BCUT2D eigenvalue weighted by atomic mass is 10.0. The van der Waals surface area contributed by atoms with Gasteiger partial charge in [-0.3, -0.25) is 9.59 Å². The van der Waals surface area contributed by atoms with E-state index in [1.807, 2.05) is 18.2 Å². The number of anilines is 1. The number of nitrogens with one attached hydrogen (secondary N) is 2. The van der Waals surface area contributed by atoms with Crippen LogP contribution in [0, 0.1) is 6.92 Å². The molecule has 3 aromatic rings. The van der Waals surface area contributed by atoms with Crippen LogP contribution in [0.5, 0.6) is 0 Å². The van der Waals surface area contributed by atoms with Gasteiger partial charge < -0.3 is 20.2 Å². The number of benzene rings is 2. The number of hydrogen-bond acceptors (Lipinski definition) is 4.